The summed E-state index contributed by atoms with van der Waals surface area (Å²) in [6.45, 7) is 7.43. The maximum atomic E-state index is 11.5. The highest BCUT2D eigenvalue weighted by atomic mass is 79.9. The van der Waals surface area contributed by atoms with E-state index in [2.05, 4.69) is 21.2 Å². The quantitative estimate of drug-likeness (QED) is 0.593. The Balaban J connectivity index is 2.38. The molecule has 0 bridgehead atoms. The van der Waals surface area contributed by atoms with Crippen LogP contribution in [0.1, 0.15) is 20.8 Å². The molecule has 0 radical (unpaired) electrons. The molecule has 1 unspecified atom stereocenters. The topological polar surface area (TPSA) is 38.3 Å². The molecule has 76 valence electrons. The summed E-state index contributed by atoms with van der Waals surface area (Å²) < 4.78 is 5.24. The van der Waals surface area contributed by atoms with Gasteiger partial charge in [0.25, 0.3) is 0 Å². The summed E-state index contributed by atoms with van der Waals surface area (Å²) in [5, 5.41) is 3.12. The van der Waals surface area contributed by atoms with Crippen LogP contribution in [0.15, 0.2) is 0 Å². The van der Waals surface area contributed by atoms with Crippen molar-refractivity contribution in [2.45, 2.75) is 31.2 Å². The van der Waals surface area contributed by atoms with Gasteiger partial charge in [-0.1, -0.05) is 15.9 Å². The lowest BCUT2D eigenvalue weighted by molar-refractivity contribution is -0.155. The fourth-order valence-electron chi connectivity index (χ4n) is 1.07. The van der Waals surface area contributed by atoms with E-state index < -0.39 is 0 Å². The van der Waals surface area contributed by atoms with Gasteiger partial charge in [-0.3, -0.25) is 4.79 Å². The van der Waals surface area contributed by atoms with Crippen LogP contribution >= 0.6 is 15.9 Å². The molecule has 0 aliphatic carbocycles. The van der Waals surface area contributed by atoms with Gasteiger partial charge in [0.05, 0.1) is 0 Å². The number of rotatable bonds is 2. The molecule has 1 aliphatic rings. The summed E-state index contributed by atoms with van der Waals surface area (Å²) in [6.07, 6.45) is 0. The first-order valence-corrected chi connectivity index (χ1v) is 5.39. The molecule has 1 heterocycles. The van der Waals surface area contributed by atoms with Crippen molar-refractivity contribution in [3.05, 3.63) is 0 Å². The standard InChI is InChI=1S/C9H16BrNO2/c1-9(2,3)13-8(12)7(10)6-4-11-5-6/h6-7,11H,4-5H2,1-3H3. The molecule has 1 saturated heterocycles. The first-order chi connectivity index (χ1) is 5.90. The number of nitrogens with one attached hydrogen (secondary N) is 1. The Morgan fingerprint density at radius 2 is 2.08 bits per heavy atom. The molecule has 1 atom stereocenters. The van der Waals surface area contributed by atoms with Crippen molar-refractivity contribution in [2.24, 2.45) is 5.92 Å². The minimum absolute atomic E-state index is 0.154. The molecule has 1 aliphatic heterocycles. The van der Waals surface area contributed by atoms with Crippen molar-refractivity contribution in [1.29, 1.82) is 0 Å². The molecule has 3 nitrogen and oxygen atoms in total. The Morgan fingerprint density at radius 3 is 2.38 bits per heavy atom. The number of carbonyl (C=O) groups is 1. The number of esters is 1. The highest BCUT2D eigenvalue weighted by Gasteiger charge is 2.33. The SMILES string of the molecule is CC(C)(C)OC(=O)C(Br)C1CNC1. The molecular weight excluding hydrogens is 234 g/mol. The number of ether oxygens (including phenoxy) is 1. The summed E-state index contributed by atoms with van der Waals surface area (Å²) in [6, 6.07) is 0. The van der Waals surface area contributed by atoms with E-state index in [0.29, 0.717) is 5.92 Å². The van der Waals surface area contributed by atoms with E-state index in [0.717, 1.165) is 13.1 Å². The third kappa shape index (κ3) is 3.27. The summed E-state index contributed by atoms with van der Waals surface area (Å²) >= 11 is 3.36. The van der Waals surface area contributed by atoms with Gasteiger partial charge in [-0.2, -0.15) is 0 Å². The van der Waals surface area contributed by atoms with Gasteiger partial charge in [0.1, 0.15) is 10.4 Å². The highest BCUT2D eigenvalue weighted by molar-refractivity contribution is 9.10. The molecule has 1 fully saturated rings. The average Bonchev–Trinajstić information content (AvgIpc) is 1.78. The van der Waals surface area contributed by atoms with Crippen LogP contribution in [0.4, 0.5) is 0 Å². The molecule has 0 spiro atoms. The molecular formula is C9H16BrNO2. The van der Waals surface area contributed by atoms with Crippen LogP contribution < -0.4 is 5.32 Å². The van der Waals surface area contributed by atoms with Crippen molar-refractivity contribution in [2.75, 3.05) is 13.1 Å². The number of alkyl halides is 1. The zero-order chi connectivity index (χ0) is 10.1. The highest BCUT2D eigenvalue weighted by Crippen LogP contribution is 2.21. The second-order valence-corrected chi connectivity index (χ2v) is 5.34. The smallest absolute Gasteiger partial charge is 0.320 e. The lowest BCUT2D eigenvalue weighted by Gasteiger charge is -2.31. The molecule has 0 amide bonds. The second-order valence-electron chi connectivity index (χ2n) is 4.35. The molecule has 1 rings (SSSR count). The monoisotopic (exact) mass is 249 g/mol. The minimum atomic E-state index is -0.389. The van der Waals surface area contributed by atoms with E-state index in [4.69, 9.17) is 4.74 Å². The van der Waals surface area contributed by atoms with Crippen molar-refractivity contribution >= 4 is 21.9 Å². The molecule has 0 aromatic rings. The maximum Gasteiger partial charge on any atom is 0.320 e. The van der Waals surface area contributed by atoms with Gasteiger partial charge in [-0.15, -0.1) is 0 Å². The van der Waals surface area contributed by atoms with Crippen LogP contribution in [-0.2, 0) is 9.53 Å². The Bertz CT molecular complexity index is 196. The van der Waals surface area contributed by atoms with Gasteiger partial charge in [0, 0.05) is 19.0 Å². The van der Waals surface area contributed by atoms with Crippen LogP contribution in [0.2, 0.25) is 0 Å². The Labute approximate surface area is 87.3 Å². The van der Waals surface area contributed by atoms with E-state index >= 15 is 0 Å². The number of hydrogen-bond donors (Lipinski definition) is 1. The van der Waals surface area contributed by atoms with Crippen molar-refractivity contribution < 1.29 is 9.53 Å². The van der Waals surface area contributed by atoms with Gasteiger partial charge < -0.3 is 10.1 Å². The van der Waals surface area contributed by atoms with Gasteiger partial charge in [-0.05, 0) is 20.8 Å². The third-order valence-electron chi connectivity index (χ3n) is 1.86. The normalized spacial score (nSPS) is 20.6. The van der Waals surface area contributed by atoms with Gasteiger partial charge in [-0.25, -0.2) is 0 Å². The van der Waals surface area contributed by atoms with Crippen LogP contribution in [-0.4, -0.2) is 29.5 Å². The molecule has 0 aromatic heterocycles. The van der Waals surface area contributed by atoms with Gasteiger partial charge in [0.15, 0.2) is 0 Å². The largest absolute Gasteiger partial charge is 0.459 e. The van der Waals surface area contributed by atoms with E-state index in [1.165, 1.54) is 0 Å². The van der Waals surface area contributed by atoms with Gasteiger partial charge >= 0.3 is 5.97 Å². The van der Waals surface area contributed by atoms with Crippen LogP contribution in [0, 0.1) is 5.92 Å². The molecule has 0 aromatic carbocycles. The zero-order valence-electron chi connectivity index (χ0n) is 8.26. The molecule has 13 heavy (non-hydrogen) atoms. The number of halogens is 1. The molecule has 4 heteroatoms. The third-order valence-corrected chi connectivity index (χ3v) is 2.98. The van der Waals surface area contributed by atoms with Crippen molar-refractivity contribution in [3.63, 3.8) is 0 Å². The summed E-state index contributed by atoms with van der Waals surface area (Å²) in [4.78, 5) is 11.3. The van der Waals surface area contributed by atoms with E-state index in [1.54, 1.807) is 0 Å². The lowest BCUT2D eigenvalue weighted by Crippen LogP contribution is -2.50. The fourth-order valence-corrected chi connectivity index (χ4v) is 1.54. The molecule has 1 N–H and O–H groups in total. The van der Waals surface area contributed by atoms with Crippen LogP contribution in [0.5, 0.6) is 0 Å². The van der Waals surface area contributed by atoms with E-state index in [-0.39, 0.29) is 16.4 Å². The number of carbonyl (C=O) groups excluding carboxylic acids is 1. The Hall–Kier alpha value is -0.0900. The fraction of sp³-hybridized carbons (Fsp3) is 0.889. The van der Waals surface area contributed by atoms with Crippen molar-refractivity contribution in [1.82, 2.24) is 5.32 Å². The maximum absolute atomic E-state index is 11.5. The van der Waals surface area contributed by atoms with Gasteiger partial charge in [0.2, 0.25) is 0 Å². The summed E-state index contributed by atoms with van der Waals surface area (Å²) in [5.74, 6) is 0.230. The summed E-state index contributed by atoms with van der Waals surface area (Å²) in [5.41, 5.74) is -0.389. The summed E-state index contributed by atoms with van der Waals surface area (Å²) in [7, 11) is 0. The Kier molecular flexibility index (Phi) is 3.35. The van der Waals surface area contributed by atoms with Crippen molar-refractivity contribution in [3.8, 4) is 0 Å². The minimum Gasteiger partial charge on any atom is -0.459 e. The first kappa shape index (κ1) is 11.0. The zero-order valence-corrected chi connectivity index (χ0v) is 9.85. The average molecular weight is 250 g/mol. The van der Waals surface area contributed by atoms with Crippen LogP contribution in [0.3, 0.4) is 0 Å². The predicted molar refractivity (Wildman–Crippen MR) is 54.9 cm³/mol. The number of hydrogen-bond acceptors (Lipinski definition) is 3. The molecule has 0 saturated carbocycles. The second kappa shape index (κ2) is 3.96. The van der Waals surface area contributed by atoms with E-state index in [9.17, 15) is 4.79 Å². The predicted octanol–water partition coefficient (Wildman–Crippen LogP) is 1.31. The first-order valence-electron chi connectivity index (χ1n) is 4.48. The van der Waals surface area contributed by atoms with E-state index in [1.807, 2.05) is 20.8 Å². The van der Waals surface area contributed by atoms with Crippen LogP contribution in [0.25, 0.3) is 0 Å². The Morgan fingerprint density at radius 1 is 1.54 bits per heavy atom. The lowest BCUT2D eigenvalue weighted by atomic mass is 9.99.